The van der Waals surface area contributed by atoms with E-state index in [1.807, 2.05) is 39.0 Å². The van der Waals surface area contributed by atoms with Crippen LogP contribution in [-0.2, 0) is 4.65 Å². The molecule has 0 bridgehead atoms. The average Bonchev–Trinajstić information content (AvgIpc) is 2.14. The average molecular weight is 191 g/mol. The fraction of sp³-hybridized carbons (Fsp3) is 0.455. The molecule has 0 N–H and O–H groups in total. The minimum absolute atomic E-state index is 0.0391. The van der Waals surface area contributed by atoms with Crippen LogP contribution >= 0.6 is 0 Å². The summed E-state index contributed by atoms with van der Waals surface area (Å²) in [4.78, 5) is 0. The lowest BCUT2D eigenvalue weighted by molar-refractivity contribution is -0.218. The van der Waals surface area contributed by atoms with Crippen LogP contribution in [0.2, 0.25) is 0 Å². The van der Waals surface area contributed by atoms with Gasteiger partial charge in [-0.05, 0) is 5.41 Å². The van der Waals surface area contributed by atoms with Crippen LogP contribution in [0.15, 0.2) is 30.3 Å². The fourth-order valence-electron chi connectivity index (χ4n) is 1.03. The second-order valence-electron chi connectivity index (χ2n) is 4.61. The van der Waals surface area contributed by atoms with Crippen LogP contribution in [0.3, 0.4) is 0 Å². The van der Waals surface area contributed by atoms with E-state index in [9.17, 15) is 5.02 Å². The third kappa shape index (κ3) is 3.94. The second kappa shape index (κ2) is 4.62. The molecule has 1 aromatic carbocycles. The Balaban J connectivity index is 2.48. The van der Waals surface area contributed by atoms with E-state index in [4.69, 9.17) is 4.65 Å². The molecule has 0 aliphatic rings. The maximum Gasteiger partial charge on any atom is 0.217 e. The van der Waals surface area contributed by atoms with Gasteiger partial charge in [-0.15, -0.1) is 0 Å². The molecule has 0 aliphatic carbocycles. The van der Waals surface area contributed by atoms with Crippen LogP contribution < -0.4 is 10.5 Å². The molecule has 0 amide bonds. The quantitative estimate of drug-likeness (QED) is 0.662. The van der Waals surface area contributed by atoms with Gasteiger partial charge in [-0.2, -0.15) is 0 Å². The minimum Gasteiger partial charge on any atom is -0.853 e. The highest BCUT2D eigenvalue weighted by Crippen LogP contribution is 2.12. The molecular formula is C11H16BO2-. The predicted octanol–water partition coefficient (Wildman–Crippen LogP) is 0.805. The monoisotopic (exact) mass is 191 g/mol. The Morgan fingerprint density at radius 2 is 1.79 bits per heavy atom. The highest BCUT2D eigenvalue weighted by molar-refractivity contribution is 6.58. The summed E-state index contributed by atoms with van der Waals surface area (Å²) in [5, 5.41) is 11.6. The van der Waals surface area contributed by atoms with E-state index >= 15 is 0 Å². The lowest BCUT2D eigenvalue weighted by Gasteiger charge is -2.26. The van der Waals surface area contributed by atoms with Gasteiger partial charge in [0.05, 0.1) is 0 Å². The first kappa shape index (κ1) is 11.3. The molecule has 0 saturated heterocycles. The molecule has 0 aliphatic heterocycles. The van der Waals surface area contributed by atoms with Crippen molar-refractivity contribution in [1.82, 2.24) is 0 Å². The van der Waals surface area contributed by atoms with E-state index in [1.54, 1.807) is 12.1 Å². The zero-order valence-corrected chi connectivity index (χ0v) is 8.99. The second-order valence-corrected chi connectivity index (χ2v) is 4.61. The van der Waals surface area contributed by atoms with Gasteiger partial charge >= 0.3 is 0 Å². The van der Waals surface area contributed by atoms with E-state index in [-0.39, 0.29) is 5.41 Å². The van der Waals surface area contributed by atoms with Crippen molar-refractivity contribution in [3.8, 4) is 0 Å². The summed E-state index contributed by atoms with van der Waals surface area (Å²) in [6.07, 6.45) is 0. The molecule has 0 unspecified atom stereocenters. The van der Waals surface area contributed by atoms with Crippen LogP contribution in [0.25, 0.3) is 0 Å². The van der Waals surface area contributed by atoms with Crippen molar-refractivity contribution in [3.63, 3.8) is 0 Å². The lowest BCUT2D eigenvalue weighted by atomic mass is 9.79. The third-order valence-electron chi connectivity index (χ3n) is 1.74. The zero-order valence-electron chi connectivity index (χ0n) is 8.99. The standard InChI is InChI=1S/C11H16BO2/c1-11(2,3)9-14-12(13)10-7-5-4-6-8-10/h4-8H,9H2,1-3H3/q-1. The summed E-state index contributed by atoms with van der Waals surface area (Å²) < 4.78 is 5.24. The summed E-state index contributed by atoms with van der Waals surface area (Å²) in [5.74, 6) is 0. The summed E-state index contributed by atoms with van der Waals surface area (Å²) in [6.45, 7) is 6.62. The van der Waals surface area contributed by atoms with E-state index < -0.39 is 7.12 Å². The van der Waals surface area contributed by atoms with Gasteiger partial charge in [0, 0.05) is 6.61 Å². The molecule has 0 atom stereocenters. The van der Waals surface area contributed by atoms with Crippen molar-refractivity contribution in [2.24, 2.45) is 5.41 Å². The summed E-state index contributed by atoms with van der Waals surface area (Å²) in [6, 6.07) is 9.17. The maximum absolute atomic E-state index is 11.6. The first-order chi connectivity index (χ1) is 6.49. The van der Waals surface area contributed by atoms with Crippen molar-refractivity contribution in [3.05, 3.63) is 30.3 Å². The van der Waals surface area contributed by atoms with E-state index in [1.165, 1.54) is 0 Å². The van der Waals surface area contributed by atoms with Crippen molar-refractivity contribution >= 4 is 12.6 Å². The molecule has 0 fully saturated rings. The topological polar surface area (TPSA) is 32.3 Å². The molecule has 1 aromatic rings. The van der Waals surface area contributed by atoms with Gasteiger partial charge in [0.1, 0.15) is 0 Å². The van der Waals surface area contributed by atoms with Gasteiger partial charge in [-0.3, -0.25) is 0 Å². The predicted molar refractivity (Wildman–Crippen MR) is 57.2 cm³/mol. The highest BCUT2D eigenvalue weighted by atomic mass is 16.5. The van der Waals surface area contributed by atoms with Gasteiger partial charge in [0.25, 0.3) is 0 Å². The molecular weight excluding hydrogens is 175 g/mol. The first-order valence-electron chi connectivity index (χ1n) is 4.81. The summed E-state index contributed by atoms with van der Waals surface area (Å²) in [5.41, 5.74) is 0.731. The molecule has 0 spiro atoms. The van der Waals surface area contributed by atoms with Crippen LogP contribution in [0, 0.1) is 5.41 Å². The Morgan fingerprint density at radius 1 is 1.21 bits per heavy atom. The van der Waals surface area contributed by atoms with Gasteiger partial charge in [-0.1, -0.05) is 56.6 Å². The highest BCUT2D eigenvalue weighted by Gasteiger charge is 2.12. The van der Waals surface area contributed by atoms with E-state index in [0.29, 0.717) is 12.1 Å². The Morgan fingerprint density at radius 3 is 2.29 bits per heavy atom. The molecule has 1 rings (SSSR count). The molecule has 0 aromatic heterocycles. The van der Waals surface area contributed by atoms with Crippen molar-refractivity contribution in [1.29, 1.82) is 0 Å². The van der Waals surface area contributed by atoms with Gasteiger partial charge in [0.15, 0.2) is 0 Å². The largest absolute Gasteiger partial charge is 0.853 e. The number of benzene rings is 1. The minimum atomic E-state index is -1.06. The third-order valence-corrected chi connectivity index (χ3v) is 1.74. The van der Waals surface area contributed by atoms with Gasteiger partial charge < -0.3 is 9.68 Å². The van der Waals surface area contributed by atoms with Gasteiger partial charge in [-0.25, -0.2) is 0 Å². The molecule has 76 valence electrons. The Hall–Kier alpha value is -0.795. The number of hydrogen-bond acceptors (Lipinski definition) is 2. The van der Waals surface area contributed by atoms with Gasteiger partial charge in [0.2, 0.25) is 7.12 Å². The van der Waals surface area contributed by atoms with E-state index in [0.717, 1.165) is 0 Å². The molecule has 0 saturated carbocycles. The van der Waals surface area contributed by atoms with Crippen molar-refractivity contribution < 1.29 is 9.68 Å². The fourth-order valence-corrected chi connectivity index (χ4v) is 1.03. The van der Waals surface area contributed by atoms with Crippen LogP contribution in [0.4, 0.5) is 0 Å². The van der Waals surface area contributed by atoms with Crippen LogP contribution in [0.5, 0.6) is 0 Å². The lowest BCUT2D eigenvalue weighted by Crippen LogP contribution is -2.47. The van der Waals surface area contributed by atoms with Crippen molar-refractivity contribution in [2.45, 2.75) is 20.8 Å². The number of rotatable bonds is 3. The van der Waals surface area contributed by atoms with Crippen molar-refractivity contribution in [2.75, 3.05) is 6.61 Å². The molecule has 0 heterocycles. The smallest absolute Gasteiger partial charge is 0.217 e. The Labute approximate surface area is 86.1 Å². The molecule has 2 nitrogen and oxygen atoms in total. The van der Waals surface area contributed by atoms with E-state index in [2.05, 4.69) is 0 Å². The van der Waals surface area contributed by atoms with Crippen LogP contribution in [0.1, 0.15) is 20.8 Å². The normalized spacial score (nSPS) is 11.4. The molecule has 3 heteroatoms. The zero-order chi connectivity index (χ0) is 10.6. The molecule has 14 heavy (non-hydrogen) atoms. The SMILES string of the molecule is CC(C)(C)COB([O-])c1ccccc1. The molecule has 0 radical (unpaired) electrons. The Bertz CT molecular complexity index is 266. The summed E-state index contributed by atoms with van der Waals surface area (Å²) in [7, 11) is -1.06. The van der Waals surface area contributed by atoms with Crippen LogP contribution in [-0.4, -0.2) is 13.7 Å². The number of hydrogen-bond donors (Lipinski definition) is 0. The first-order valence-corrected chi connectivity index (χ1v) is 4.81. The maximum atomic E-state index is 11.6. The Kier molecular flexibility index (Phi) is 3.73. The summed E-state index contributed by atoms with van der Waals surface area (Å²) >= 11 is 0.